The maximum Gasteiger partial charge on any atom is 0.0594 e. The highest BCUT2D eigenvalue weighted by Crippen LogP contribution is 2.03. The van der Waals surface area contributed by atoms with Crippen LogP contribution in [0.1, 0.15) is 6.42 Å². The summed E-state index contributed by atoms with van der Waals surface area (Å²) >= 11 is 0. The molecule has 0 aliphatic carbocycles. The van der Waals surface area contributed by atoms with Crippen molar-refractivity contribution < 1.29 is 9.84 Å². The summed E-state index contributed by atoms with van der Waals surface area (Å²) in [6.07, 6.45) is 0.720. The van der Waals surface area contributed by atoms with Crippen molar-refractivity contribution in [1.82, 2.24) is 4.90 Å². The van der Waals surface area contributed by atoms with Gasteiger partial charge < -0.3 is 9.84 Å². The number of ether oxygens (including phenoxy) is 1. The van der Waals surface area contributed by atoms with Gasteiger partial charge in [0.2, 0.25) is 0 Å². The van der Waals surface area contributed by atoms with Gasteiger partial charge in [-0.05, 0) is 6.42 Å². The molecule has 1 saturated heterocycles. The van der Waals surface area contributed by atoms with Gasteiger partial charge in [-0.15, -0.1) is 0 Å². The highest BCUT2D eigenvalue weighted by Gasteiger charge is 2.10. The Morgan fingerprint density at radius 1 is 1.42 bits per heavy atom. The SMILES string of the molecule is C=C(CCO)CN1CCOCC1. The molecule has 0 spiro atoms. The fourth-order valence-electron chi connectivity index (χ4n) is 1.31. The van der Waals surface area contributed by atoms with Crippen LogP contribution in [0.25, 0.3) is 0 Å². The molecule has 0 aromatic heterocycles. The fourth-order valence-corrected chi connectivity index (χ4v) is 1.31. The zero-order valence-corrected chi connectivity index (χ0v) is 7.46. The summed E-state index contributed by atoms with van der Waals surface area (Å²) in [5.74, 6) is 0. The Labute approximate surface area is 73.6 Å². The number of nitrogens with zero attached hydrogens (tertiary/aromatic N) is 1. The summed E-state index contributed by atoms with van der Waals surface area (Å²) in [6, 6.07) is 0. The Hall–Kier alpha value is -0.380. The van der Waals surface area contributed by atoms with Crippen LogP contribution in [-0.2, 0) is 4.74 Å². The molecule has 1 N–H and O–H groups in total. The monoisotopic (exact) mass is 171 g/mol. The van der Waals surface area contributed by atoms with Crippen molar-refractivity contribution in [3.8, 4) is 0 Å². The van der Waals surface area contributed by atoms with Crippen LogP contribution in [0.2, 0.25) is 0 Å². The molecule has 1 aliphatic heterocycles. The van der Waals surface area contributed by atoms with Gasteiger partial charge in [0.1, 0.15) is 0 Å². The van der Waals surface area contributed by atoms with Crippen LogP contribution in [-0.4, -0.2) is 49.5 Å². The minimum absolute atomic E-state index is 0.211. The standard InChI is InChI=1S/C9H17NO2/c1-9(2-5-11)8-10-3-6-12-7-4-10/h11H,1-8H2. The molecule has 0 aromatic rings. The lowest BCUT2D eigenvalue weighted by Gasteiger charge is -2.27. The molecule has 1 fully saturated rings. The van der Waals surface area contributed by atoms with E-state index in [0.29, 0.717) is 0 Å². The van der Waals surface area contributed by atoms with E-state index in [-0.39, 0.29) is 6.61 Å². The van der Waals surface area contributed by atoms with E-state index in [9.17, 15) is 0 Å². The lowest BCUT2D eigenvalue weighted by atomic mass is 10.2. The largest absolute Gasteiger partial charge is 0.396 e. The second-order valence-corrected chi connectivity index (χ2v) is 3.11. The van der Waals surface area contributed by atoms with Crippen molar-refractivity contribution in [3.05, 3.63) is 12.2 Å². The molecule has 0 unspecified atom stereocenters. The summed E-state index contributed by atoms with van der Waals surface area (Å²) in [7, 11) is 0. The molecule has 1 rings (SSSR count). The first-order valence-corrected chi connectivity index (χ1v) is 4.40. The zero-order valence-electron chi connectivity index (χ0n) is 7.46. The van der Waals surface area contributed by atoms with Crippen LogP contribution in [0.4, 0.5) is 0 Å². The van der Waals surface area contributed by atoms with Gasteiger partial charge in [-0.25, -0.2) is 0 Å². The first-order chi connectivity index (χ1) is 5.83. The average molecular weight is 171 g/mol. The van der Waals surface area contributed by atoms with E-state index in [4.69, 9.17) is 9.84 Å². The Bertz CT molecular complexity index is 141. The lowest BCUT2D eigenvalue weighted by Crippen LogP contribution is -2.37. The predicted molar refractivity (Wildman–Crippen MR) is 48.1 cm³/mol. The molecule has 1 heterocycles. The quantitative estimate of drug-likeness (QED) is 0.616. The molecule has 0 bridgehead atoms. The normalized spacial score (nSPS) is 19.4. The predicted octanol–water partition coefficient (Wildman–Crippen LogP) is 0.257. The van der Waals surface area contributed by atoms with Gasteiger partial charge in [0, 0.05) is 26.2 Å². The topological polar surface area (TPSA) is 32.7 Å². The summed E-state index contributed by atoms with van der Waals surface area (Å²) in [6.45, 7) is 8.65. The van der Waals surface area contributed by atoms with Crippen molar-refractivity contribution in [2.24, 2.45) is 0 Å². The number of hydrogen-bond donors (Lipinski definition) is 1. The molecule has 0 aromatic carbocycles. The Kier molecular flexibility index (Phi) is 4.29. The average Bonchev–Trinajstić information content (AvgIpc) is 2.06. The molecular formula is C9H17NO2. The number of hydrogen-bond acceptors (Lipinski definition) is 3. The third-order valence-electron chi connectivity index (χ3n) is 2.02. The molecule has 12 heavy (non-hydrogen) atoms. The Balaban J connectivity index is 2.15. The van der Waals surface area contributed by atoms with Crippen LogP contribution in [0.5, 0.6) is 0 Å². The number of rotatable bonds is 4. The fraction of sp³-hybridized carbons (Fsp3) is 0.778. The molecule has 70 valence electrons. The Morgan fingerprint density at radius 2 is 2.08 bits per heavy atom. The van der Waals surface area contributed by atoms with Gasteiger partial charge in [-0.1, -0.05) is 12.2 Å². The van der Waals surface area contributed by atoms with Gasteiger partial charge in [-0.2, -0.15) is 0 Å². The molecule has 3 heteroatoms. The van der Waals surface area contributed by atoms with Crippen LogP contribution < -0.4 is 0 Å². The third kappa shape index (κ3) is 3.34. The van der Waals surface area contributed by atoms with E-state index >= 15 is 0 Å². The highest BCUT2D eigenvalue weighted by atomic mass is 16.5. The molecule has 0 amide bonds. The van der Waals surface area contributed by atoms with Crippen LogP contribution in [0.3, 0.4) is 0 Å². The maximum absolute atomic E-state index is 8.66. The summed E-state index contributed by atoms with van der Waals surface area (Å²) in [4.78, 5) is 2.31. The highest BCUT2D eigenvalue weighted by molar-refractivity contribution is 4.97. The van der Waals surface area contributed by atoms with Crippen LogP contribution in [0.15, 0.2) is 12.2 Å². The second-order valence-electron chi connectivity index (χ2n) is 3.11. The first kappa shape index (κ1) is 9.71. The molecule has 3 nitrogen and oxygen atoms in total. The van der Waals surface area contributed by atoms with Crippen molar-refractivity contribution in [1.29, 1.82) is 0 Å². The number of aliphatic hydroxyl groups is 1. The van der Waals surface area contributed by atoms with Crippen molar-refractivity contribution in [2.45, 2.75) is 6.42 Å². The molecule has 0 radical (unpaired) electrons. The molecule has 1 aliphatic rings. The van der Waals surface area contributed by atoms with Gasteiger partial charge in [0.15, 0.2) is 0 Å². The summed E-state index contributed by atoms with van der Waals surface area (Å²) in [5, 5.41) is 8.66. The minimum Gasteiger partial charge on any atom is -0.396 e. The zero-order chi connectivity index (χ0) is 8.81. The van der Waals surface area contributed by atoms with E-state index in [1.807, 2.05) is 0 Å². The van der Waals surface area contributed by atoms with E-state index < -0.39 is 0 Å². The van der Waals surface area contributed by atoms with E-state index in [0.717, 1.165) is 44.8 Å². The number of aliphatic hydroxyl groups excluding tert-OH is 1. The first-order valence-electron chi connectivity index (χ1n) is 4.40. The van der Waals surface area contributed by atoms with Crippen LogP contribution >= 0.6 is 0 Å². The van der Waals surface area contributed by atoms with E-state index in [1.165, 1.54) is 0 Å². The van der Waals surface area contributed by atoms with Crippen molar-refractivity contribution in [2.75, 3.05) is 39.5 Å². The molecule has 0 atom stereocenters. The smallest absolute Gasteiger partial charge is 0.0594 e. The van der Waals surface area contributed by atoms with Gasteiger partial charge in [-0.3, -0.25) is 4.90 Å². The third-order valence-corrected chi connectivity index (χ3v) is 2.02. The van der Waals surface area contributed by atoms with Crippen molar-refractivity contribution >= 4 is 0 Å². The second kappa shape index (κ2) is 5.30. The lowest BCUT2D eigenvalue weighted by molar-refractivity contribution is 0.0418. The number of morpholine rings is 1. The molecule has 0 saturated carbocycles. The minimum atomic E-state index is 0.211. The van der Waals surface area contributed by atoms with E-state index in [1.54, 1.807) is 0 Å². The van der Waals surface area contributed by atoms with Gasteiger partial charge in [0.05, 0.1) is 13.2 Å². The summed E-state index contributed by atoms with van der Waals surface area (Å²) in [5.41, 5.74) is 1.11. The van der Waals surface area contributed by atoms with E-state index in [2.05, 4.69) is 11.5 Å². The Morgan fingerprint density at radius 3 is 2.67 bits per heavy atom. The van der Waals surface area contributed by atoms with Crippen LogP contribution in [0, 0.1) is 0 Å². The maximum atomic E-state index is 8.66. The van der Waals surface area contributed by atoms with Gasteiger partial charge >= 0.3 is 0 Å². The molecular weight excluding hydrogens is 154 g/mol. The summed E-state index contributed by atoms with van der Waals surface area (Å²) < 4.78 is 5.22. The van der Waals surface area contributed by atoms with Gasteiger partial charge in [0.25, 0.3) is 0 Å². The van der Waals surface area contributed by atoms with Crippen molar-refractivity contribution in [3.63, 3.8) is 0 Å².